The average molecular weight is 117 g/mol. The fraction of sp³-hybridized carbons (Fsp3) is 1.00. The van der Waals surface area contributed by atoms with Gasteiger partial charge in [-0.1, -0.05) is 0 Å². The fourth-order valence-electron chi connectivity index (χ4n) is 0.957. The lowest BCUT2D eigenvalue weighted by Crippen LogP contribution is -2.22. The van der Waals surface area contributed by atoms with Crippen LogP contribution in [-0.2, 0) is 0 Å². The molecular weight excluding hydrogens is 106 g/mol. The van der Waals surface area contributed by atoms with Crippen molar-refractivity contribution in [3.8, 4) is 0 Å². The molecule has 0 aliphatic carbocycles. The third kappa shape index (κ3) is 0.992. The molecule has 0 aromatic carbocycles. The van der Waals surface area contributed by atoms with Gasteiger partial charge in [0.25, 0.3) is 0 Å². The van der Waals surface area contributed by atoms with Crippen LogP contribution >= 0.6 is 0 Å². The van der Waals surface area contributed by atoms with E-state index < -0.39 is 12.2 Å². The van der Waals surface area contributed by atoms with Gasteiger partial charge in [-0.05, 0) is 7.05 Å². The van der Waals surface area contributed by atoms with E-state index in [9.17, 15) is 0 Å². The maximum Gasteiger partial charge on any atom is 0.0938 e. The van der Waals surface area contributed by atoms with Gasteiger partial charge in [0.1, 0.15) is 0 Å². The Morgan fingerprint density at radius 1 is 1.25 bits per heavy atom. The van der Waals surface area contributed by atoms with E-state index in [0.717, 1.165) is 0 Å². The van der Waals surface area contributed by atoms with Gasteiger partial charge in [0, 0.05) is 13.1 Å². The van der Waals surface area contributed by atoms with Gasteiger partial charge < -0.3 is 15.1 Å². The van der Waals surface area contributed by atoms with Crippen LogP contribution < -0.4 is 0 Å². The number of aliphatic hydroxyl groups is 2. The third-order valence-corrected chi connectivity index (χ3v) is 1.44. The van der Waals surface area contributed by atoms with Crippen molar-refractivity contribution < 1.29 is 10.2 Å². The first-order valence-corrected chi connectivity index (χ1v) is 2.75. The third-order valence-electron chi connectivity index (χ3n) is 1.44. The first-order chi connectivity index (χ1) is 3.70. The van der Waals surface area contributed by atoms with E-state index in [1.165, 1.54) is 0 Å². The molecule has 8 heavy (non-hydrogen) atoms. The molecule has 1 unspecified atom stereocenters. The average Bonchev–Trinajstić information content (AvgIpc) is 1.85. The topological polar surface area (TPSA) is 43.7 Å². The van der Waals surface area contributed by atoms with Crippen molar-refractivity contribution >= 4 is 0 Å². The van der Waals surface area contributed by atoms with E-state index in [1.54, 1.807) is 0 Å². The summed E-state index contributed by atoms with van der Waals surface area (Å²) in [5, 5.41) is 17.8. The molecule has 0 aromatic heterocycles. The highest BCUT2D eigenvalue weighted by Crippen LogP contribution is 2.05. The lowest BCUT2D eigenvalue weighted by atomic mass is 10.3. The molecule has 1 aliphatic rings. The highest BCUT2D eigenvalue weighted by Gasteiger charge is 2.26. The number of nitrogens with zero attached hydrogens (tertiary/aromatic N) is 1. The van der Waals surface area contributed by atoms with Crippen LogP contribution in [0.25, 0.3) is 0 Å². The van der Waals surface area contributed by atoms with E-state index in [-0.39, 0.29) is 0 Å². The number of β-amino-alcohol motifs (C(OH)–C–C–N with tert-alkyl or cyclic N) is 2. The number of hydrogen-bond acceptors (Lipinski definition) is 3. The Morgan fingerprint density at radius 2 is 1.62 bits per heavy atom. The molecule has 1 heterocycles. The Morgan fingerprint density at radius 3 is 1.75 bits per heavy atom. The van der Waals surface area contributed by atoms with Crippen LogP contribution in [0.4, 0.5) is 0 Å². The normalized spacial score (nSPS) is 40.9. The van der Waals surface area contributed by atoms with Gasteiger partial charge in [-0.25, -0.2) is 0 Å². The molecule has 1 fully saturated rings. The predicted octanol–water partition coefficient (Wildman–Crippen LogP) is -1.35. The molecule has 0 aromatic rings. The Balaban J connectivity index is 2.39. The highest BCUT2D eigenvalue weighted by molar-refractivity contribution is 4.80. The summed E-state index contributed by atoms with van der Waals surface area (Å²) in [4.78, 5) is 1.90. The fourth-order valence-corrected chi connectivity index (χ4v) is 0.957. The van der Waals surface area contributed by atoms with Gasteiger partial charge in [-0.15, -0.1) is 0 Å². The smallest absolute Gasteiger partial charge is 0.0938 e. The van der Waals surface area contributed by atoms with Crippen LogP contribution in [0.5, 0.6) is 0 Å². The minimum Gasteiger partial charge on any atom is -0.389 e. The summed E-state index contributed by atoms with van der Waals surface area (Å²) in [6, 6.07) is 0. The molecule has 1 rings (SSSR count). The second-order valence-corrected chi connectivity index (χ2v) is 2.36. The summed E-state index contributed by atoms with van der Waals surface area (Å²) in [6.07, 6.45) is -1.06. The minimum atomic E-state index is -0.528. The zero-order valence-corrected chi connectivity index (χ0v) is 4.91. The van der Waals surface area contributed by atoms with Gasteiger partial charge in [0.15, 0.2) is 0 Å². The maximum absolute atomic E-state index is 8.88. The molecular formula is C5H11NO2. The predicted molar refractivity (Wildman–Crippen MR) is 29.5 cm³/mol. The van der Waals surface area contributed by atoms with Crippen LogP contribution in [0.2, 0.25) is 0 Å². The van der Waals surface area contributed by atoms with Gasteiger partial charge in [0.2, 0.25) is 0 Å². The SMILES string of the molecule is CN1CC(O)[C@@H](O)C1. The quantitative estimate of drug-likeness (QED) is 0.412. The molecule has 0 amide bonds. The molecule has 1 aliphatic heterocycles. The summed E-state index contributed by atoms with van der Waals surface area (Å²) in [5.41, 5.74) is 0. The number of hydrogen-bond donors (Lipinski definition) is 2. The summed E-state index contributed by atoms with van der Waals surface area (Å²) in [7, 11) is 1.87. The Labute approximate surface area is 48.5 Å². The second-order valence-electron chi connectivity index (χ2n) is 2.36. The molecule has 3 nitrogen and oxygen atoms in total. The first-order valence-electron chi connectivity index (χ1n) is 2.75. The summed E-state index contributed by atoms with van der Waals surface area (Å²) in [5.74, 6) is 0. The van der Waals surface area contributed by atoms with Gasteiger partial charge >= 0.3 is 0 Å². The number of likely N-dealkylation sites (tertiary alicyclic amines) is 1. The molecule has 48 valence electrons. The zero-order valence-electron chi connectivity index (χ0n) is 4.91. The van der Waals surface area contributed by atoms with Crippen LogP contribution in [-0.4, -0.2) is 47.5 Å². The molecule has 2 atom stereocenters. The first kappa shape index (κ1) is 6.01. The highest BCUT2D eigenvalue weighted by atomic mass is 16.3. The number of likely N-dealkylation sites (N-methyl/N-ethyl adjacent to an activating group) is 1. The van der Waals surface area contributed by atoms with E-state index in [0.29, 0.717) is 13.1 Å². The van der Waals surface area contributed by atoms with Gasteiger partial charge in [-0.2, -0.15) is 0 Å². The summed E-state index contributed by atoms with van der Waals surface area (Å²) in [6.45, 7) is 1.20. The lowest BCUT2D eigenvalue weighted by Gasteiger charge is -2.02. The van der Waals surface area contributed by atoms with Crippen molar-refractivity contribution in [2.24, 2.45) is 0 Å². The molecule has 0 radical (unpaired) electrons. The zero-order chi connectivity index (χ0) is 6.15. The van der Waals surface area contributed by atoms with Gasteiger partial charge in [0.05, 0.1) is 12.2 Å². The van der Waals surface area contributed by atoms with Crippen molar-refractivity contribution in [3.63, 3.8) is 0 Å². The molecule has 0 spiro atoms. The van der Waals surface area contributed by atoms with Crippen molar-refractivity contribution in [1.29, 1.82) is 0 Å². The minimum absolute atomic E-state index is 0.528. The summed E-state index contributed by atoms with van der Waals surface area (Å²) < 4.78 is 0. The Hall–Kier alpha value is -0.120. The summed E-state index contributed by atoms with van der Waals surface area (Å²) >= 11 is 0. The van der Waals surface area contributed by atoms with Crippen molar-refractivity contribution in [3.05, 3.63) is 0 Å². The molecule has 1 saturated heterocycles. The number of rotatable bonds is 0. The Bertz CT molecular complexity index is 76.5. The monoisotopic (exact) mass is 117 g/mol. The van der Waals surface area contributed by atoms with Crippen LogP contribution in [0.15, 0.2) is 0 Å². The second kappa shape index (κ2) is 2.01. The molecule has 0 bridgehead atoms. The Kier molecular flexibility index (Phi) is 1.51. The molecule has 0 saturated carbocycles. The molecule has 3 heteroatoms. The van der Waals surface area contributed by atoms with Crippen LogP contribution in [0.3, 0.4) is 0 Å². The molecule has 2 N–H and O–H groups in total. The van der Waals surface area contributed by atoms with Crippen LogP contribution in [0, 0.1) is 0 Å². The lowest BCUT2D eigenvalue weighted by molar-refractivity contribution is 0.0572. The maximum atomic E-state index is 8.88. The van der Waals surface area contributed by atoms with E-state index in [4.69, 9.17) is 10.2 Å². The van der Waals surface area contributed by atoms with Crippen molar-refractivity contribution in [1.82, 2.24) is 4.90 Å². The van der Waals surface area contributed by atoms with E-state index >= 15 is 0 Å². The van der Waals surface area contributed by atoms with Crippen molar-refractivity contribution in [2.45, 2.75) is 12.2 Å². The number of aliphatic hydroxyl groups excluding tert-OH is 2. The van der Waals surface area contributed by atoms with Crippen LogP contribution in [0.1, 0.15) is 0 Å². The van der Waals surface area contributed by atoms with E-state index in [2.05, 4.69) is 0 Å². The van der Waals surface area contributed by atoms with Crippen molar-refractivity contribution in [2.75, 3.05) is 20.1 Å². The van der Waals surface area contributed by atoms with E-state index in [1.807, 2.05) is 11.9 Å². The standard InChI is InChI=1S/C5H11NO2/c1-6-2-4(7)5(8)3-6/h4-5,7-8H,2-3H2,1H3/t4-,5?/m0/s1. The van der Waals surface area contributed by atoms with Gasteiger partial charge in [-0.3, -0.25) is 0 Å². The largest absolute Gasteiger partial charge is 0.389 e.